The van der Waals surface area contributed by atoms with Crippen LogP contribution < -0.4 is 0 Å². The number of Topliss-reactive ketones (excluding diaryl/α,β-unsaturated/α-hetero) is 1. The molecule has 0 radical (unpaired) electrons. The molecule has 1 saturated heterocycles. The van der Waals surface area contributed by atoms with Crippen molar-refractivity contribution in [3.05, 3.63) is 65.2 Å². The average molecular weight is 411 g/mol. The summed E-state index contributed by atoms with van der Waals surface area (Å²) in [6.45, 7) is -0.818. The van der Waals surface area contributed by atoms with E-state index in [0.717, 1.165) is 4.90 Å². The lowest BCUT2D eigenvalue weighted by Gasteiger charge is -2.18. The molecule has 0 unspecified atom stereocenters. The lowest BCUT2D eigenvalue weighted by Crippen LogP contribution is -2.36. The maximum atomic E-state index is 13.5. The van der Waals surface area contributed by atoms with Crippen LogP contribution in [0, 0.1) is 29.0 Å². The Hall–Kier alpha value is -3.65. The van der Waals surface area contributed by atoms with Crippen molar-refractivity contribution in [3.63, 3.8) is 0 Å². The minimum atomic E-state index is -3.10. The first-order valence-corrected chi connectivity index (χ1v) is 9.11. The predicted molar refractivity (Wildman–Crippen MR) is 101 cm³/mol. The van der Waals surface area contributed by atoms with E-state index < -0.39 is 42.4 Å². The van der Waals surface area contributed by atoms with Crippen molar-refractivity contribution in [1.82, 2.24) is 9.88 Å². The van der Waals surface area contributed by atoms with Crippen LogP contribution >= 0.6 is 0 Å². The fraction of sp³-hybridized carbons (Fsp3) is 0.273. The van der Waals surface area contributed by atoms with Gasteiger partial charge in [0.25, 0.3) is 5.92 Å². The number of aromatic nitrogens is 1. The molecule has 5 nitrogen and oxygen atoms in total. The lowest BCUT2D eigenvalue weighted by atomic mass is 10.0. The third-order valence-corrected chi connectivity index (χ3v) is 4.61. The van der Waals surface area contributed by atoms with Crippen molar-refractivity contribution in [2.45, 2.75) is 31.2 Å². The summed E-state index contributed by atoms with van der Waals surface area (Å²) in [5.41, 5.74) is 1.13. The van der Waals surface area contributed by atoms with Crippen LogP contribution in [0.3, 0.4) is 0 Å². The second kappa shape index (κ2) is 8.79. The molecule has 0 spiro atoms. The normalized spacial score (nSPS) is 17.0. The number of benzene rings is 1. The number of halogens is 3. The van der Waals surface area contributed by atoms with Crippen LogP contribution in [-0.2, 0) is 4.79 Å². The Labute approximate surface area is 171 Å². The zero-order chi connectivity index (χ0) is 21.7. The monoisotopic (exact) mass is 411 g/mol. The number of likely N-dealkylation sites (tertiary alicyclic amines) is 1. The van der Waals surface area contributed by atoms with E-state index in [1.165, 1.54) is 42.7 Å². The van der Waals surface area contributed by atoms with Gasteiger partial charge in [0.15, 0.2) is 5.78 Å². The third kappa shape index (κ3) is 5.03. The SMILES string of the molecule is N#C[C@@H]1CC(F)(F)CN1C(=O)CCC(=O)c1ccncc1C#Cc1ccc(F)cc1. The zero-order valence-corrected chi connectivity index (χ0v) is 15.7. The molecule has 2 aromatic rings. The van der Waals surface area contributed by atoms with Crippen LogP contribution in [0.2, 0.25) is 0 Å². The van der Waals surface area contributed by atoms with E-state index in [2.05, 4.69) is 16.8 Å². The molecule has 1 amide bonds. The summed E-state index contributed by atoms with van der Waals surface area (Å²) in [5.74, 6) is 1.06. The Balaban J connectivity index is 1.69. The average Bonchev–Trinajstić information content (AvgIpc) is 3.06. The minimum Gasteiger partial charge on any atom is -0.320 e. The van der Waals surface area contributed by atoms with Gasteiger partial charge in [0.2, 0.25) is 5.91 Å². The molecule has 3 rings (SSSR count). The van der Waals surface area contributed by atoms with Crippen LogP contribution in [0.5, 0.6) is 0 Å². The number of nitrogens with zero attached hydrogens (tertiary/aromatic N) is 3. The number of nitriles is 1. The van der Waals surface area contributed by atoms with Gasteiger partial charge in [0.05, 0.1) is 18.2 Å². The van der Waals surface area contributed by atoms with Gasteiger partial charge in [-0.05, 0) is 30.3 Å². The fourth-order valence-electron chi connectivity index (χ4n) is 3.10. The first kappa shape index (κ1) is 21.1. The van der Waals surface area contributed by atoms with Gasteiger partial charge in [0.1, 0.15) is 11.9 Å². The van der Waals surface area contributed by atoms with Crippen molar-refractivity contribution in [2.24, 2.45) is 0 Å². The second-order valence-corrected chi connectivity index (χ2v) is 6.83. The summed E-state index contributed by atoms with van der Waals surface area (Å²) >= 11 is 0. The number of rotatable bonds is 4. The van der Waals surface area contributed by atoms with Gasteiger partial charge in [0, 0.05) is 42.8 Å². The maximum Gasteiger partial charge on any atom is 0.268 e. The van der Waals surface area contributed by atoms with E-state index in [1.807, 2.05) is 0 Å². The molecule has 1 aliphatic rings. The van der Waals surface area contributed by atoms with E-state index >= 15 is 0 Å². The Morgan fingerprint density at radius 3 is 2.60 bits per heavy atom. The number of carbonyl (C=O) groups excluding carboxylic acids is 2. The largest absolute Gasteiger partial charge is 0.320 e. The summed E-state index contributed by atoms with van der Waals surface area (Å²) in [4.78, 5) is 29.6. The van der Waals surface area contributed by atoms with E-state index in [4.69, 9.17) is 5.26 Å². The molecule has 0 saturated carbocycles. The van der Waals surface area contributed by atoms with Crippen molar-refractivity contribution < 1.29 is 22.8 Å². The van der Waals surface area contributed by atoms with Gasteiger partial charge in [-0.25, -0.2) is 13.2 Å². The molecule has 152 valence electrons. The van der Waals surface area contributed by atoms with Crippen LogP contribution in [0.25, 0.3) is 0 Å². The molecule has 1 atom stereocenters. The fourth-order valence-corrected chi connectivity index (χ4v) is 3.10. The molecule has 0 aliphatic carbocycles. The van der Waals surface area contributed by atoms with E-state index in [0.29, 0.717) is 11.1 Å². The summed E-state index contributed by atoms with van der Waals surface area (Å²) < 4.78 is 40.0. The van der Waals surface area contributed by atoms with E-state index in [1.54, 1.807) is 6.07 Å². The van der Waals surface area contributed by atoms with Crippen LogP contribution in [0.4, 0.5) is 13.2 Å². The molecule has 1 fully saturated rings. The predicted octanol–water partition coefficient (Wildman–Crippen LogP) is 3.34. The highest BCUT2D eigenvalue weighted by molar-refractivity contribution is 6.00. The lowest BCUT2D eigenvalue weighted by molar-refractivity contribution is -0.132. The van der Waals surface area contributed by atoms with Gasteiger partial charge in [-0.1, -0.05) is 11.8 Å². The minimum absolute atomic E-state index is 0.214. The molecule has 2 heterocycles. The summed E-state index contributed by atoms with van der Waals surface area (Å²) in [6.07, 6.45) is 1.61. The van der Waals surface area contributed by atoms with Gasteiger partial charge >= 0.3 is 0 Å². The first-order chi connectivity index (χ1) is 14.3. The second-order valence-electron chi connectivity index (χ2n) is 6.83. The highest BCUT2D eigenvalue weighted by atomic mass is 19.3. The summed E-state index contributed by atoms with van der Waals surface area (Å²) in [5, 5.41) is 8.99. The van der Waals surface area contributed by atoms with Gasteiger partial charge in [-0.2, -0.15) is 5.26 Å². The molecule has 0 N–H and O–H groups in total. The Bertz CT molecular complexity index is 1070. The number of pyridine rings is 1. The van der Waals surface area contributed by atoms with Gasteiger partial charge in [-0.15, -0.1) is 0 Å². The number of alkyl halides is 2. The Kier molecular flexibility index (Phi) is 6.17. The molecule has 30 heavy (non-hydrogen) atoms. The molecular formula is C22H16F3N3O2. The quantitative estimate of drug-likeness (QED) is 0.571. The van der Waals surface area contributed by atoms with Gasteiger partial charge in [-0.3, -0.25) is 14.6 Å². The number of hydrogen-bond donors (Lipinski definition) is 0. The number of amides is 1. The Morgan fingerprint density at radius 1 is 1.17 bits per heavy atom. The summed E-state index contributed by atoms with van der Waals surface area (Å²) in [6, 6.07) is 7.50. The first-order valence-electron chi connectivity index (χ1n) is 9.11. The summed E-state index contributed by atoms with van der Waals surface area (Å²) in [7, 11) is 0. The smallest absolute Gasteiger partial charge is 0.268 e. The number of ketones is 1. The Morgan fingerprint density at radius 2 is 1.90 bits per heavy atom. The van der Waals surface area contributed by atoms with Crippen LogP contribution in [0.15, 0.2) is 42.7 Å². The maximum absolute atomic E-state index is 13.5. The molecule has 1 aromatic carbocycles. The molecule has 1 aliphatic heterocycles. The number of carbonyl (C=O) groups is 2. The number of hydrogen-bond acceptors (Lipinski definition) is 4. The van der Waals surface area contributed by atoms with Crippen LogP contribution in [0.1, 0.15) is 40.7 Å². The molecule has 0 bridgehead atoms. The standard InChI is InChI=1S/C22H16F3N3O2/c23-17-5-2-15(3-6-17)1-4-16-13-27-10-9-19(16)20(29)7-8-21(30)28-14-22(24,25)11-18(28)12-26/h2-3,5-6,9-10,13,18H,7-8,11,14H2/t18-/m0/s1. The zero-order valence-electron chi connectivity index (χ0n) is 15.7. The van der Waals surface area contributed by atoms with E-state index in [9.17, 15) is 22.8 Å². The van der Waals surface area contributed by atoms with Crippen molar-refractivity contribution in [1.29, 1.82) is 5.26 Å². The molecule has 8 heteroatoms. The highest BCUT2D eigenvalue weighted by Gasteiger charge is 2.47. The topological polar surface area (TPSA) is 74.1 Å². The molecular weight excluding hydrogens is 395 g/mol. The van der Waals surface area contributed by atoms with Crippen molar-refractivity contribution >= 4 is 11.7 Å². The van der Waals surface area contributed by atoms with Gasteiger partial charge < -0.3 is 4.90 Å². The van der Waals surface area contributed by atoms with Crippen molar-refractivity contribution in [3.8, 4) is 17.9 Å². The third-order valence-electron chi connectivity index (χ3n) is 4.61. The van der Waals surface area contributed by atoms with Crippen LogP contribution in [-0.4, -0.2) is 40.1 Å². The highest BCUT2D eigenvalue weighted by Crippen LogP contribution is 2.32. The van der Waals surface area contributed by atoms with Crippen molar-refractivity contribution in [2.75, 3.05) is 6.54 Å². The van der Waals surface area contributed by atoms with E-state index in [-0.39, 0.29) is 18.4 Å². The molecule has 1 aromatic heterocycles.